The summed E-state index contributed by atoms with van der Waals surface area (Å²) in [5.41, 5.74) is 1.68. The van der Waals surface area contributed by atoms with E-state index in [4.69, 9.17) is 10.00 Å². The molecule has 1 aromatic heterocycles. The zero-order valence-electron chi connectivity index (χ0n) is 14.6. The zero-order chi connectivity index (χ0) is 19.1. The molecule has 1 amide bonds. The average molecular weight is 359 g/mol. The Morgan fingerprint density at radius 3 is 2.63 bits per heavy atom. The quantitative estimate of drug-likeness (QED) is 0.695. The summed E-state index contributed by atoms with van der Waals surface area (Å²) in [5, 5.41) is 14.9. The van der Waals surface area contributed by atoms with Gasteiger partial charge in [0.2, 0.25) is 5.95 Å². The first-order chi connectivity index (χ1) is 13.2. The summed E-state index contributed by atoms with van der Waals surface area (Å²) in [7, 11) is 0. The molecular formula is C20H17N5O2. The van der Waals surface area contributed by atoms with Crippen molar-refractivity contribution in [3.8, 4) is 11.8 Å². The van der Waals surface area contributed by atoms with E-state index in [9.17, 15) is 4.79 Å². The summed E-state index contributed by atoms with van der Waals surface area (Å²) in [5.74, 6) is 0.506. The van der Waals surface area contributed by atoms with Crippen molar-refractivity contribution in [1.82, 2.24) is 9.97 Å². The maximum absolute atomic E-state index is 12.5. The predicted molar refractivity (Wildman–Crippen MR) is 102 cm³/mol. The Bertz CT molecular complexity index is 997. The number of hydrogen-bond acceptors (Lipinski definition) is 6. The maximum atomic E-state index is 12.5. The number of benzene rings is 2. The van der Waals surface area contributed by atoms with Gasteiger partial charge in [0.15, 0.2) is 0 Å². The molecule has 0 fully saturated rings. The van der Waals surface area contributed by atoms with E-state index in [-0.39, 0.29) is 11.6 Å². The Hall–Kier alpha value is -3.92. The fourth-order valence-electron chi connectivity index (χ4n) is 2.39. The van der Waals surface area contributed by atoms with Crippen LogP contribution in [0.4, 0.5) is 17.3 Å². The summed E-state index contributed by atoms with van der Waals surface area (Å²) in [4.78, 5) is 20.9. The number of carbonyl (C=O) groups is 1. The van der Waals surface area contributed by atoms with Gasteiger partial charge in [-0.05, 0) is 37.3 Å². The molecule has 3 rings (SSSR count). The molecule has 0 spiro atoms. The van der Waals surface area contributed by atoms with E-state index in [0.29, 0.717) is 29.3 Å². The number of para-hydroxylation sites is 3. The molecule has 0 atom stereocenters. The lowest BCUT2D eigenvalue weighted by atomic mass is 10.2. The highest BCUT2D eigenvalue weighted by Gasteiger charge is 2.12. The molecule has 134 valence electrons. The first-order valence-electron chi connectivity index (χ1n) is 8.33. The van der Waals surface area contributed by atoms with Crippen molar-refractivity contribution >= 4 is 23.2 Å². The van der Waals surface area contributed by atoms with Gasteiger partial charge in [-0.25, -0.2) is 9.97 Å². The van der Waals surface area contributed by atoms with Gasteiger partial charge in [-0.15, -0.1) is 0 Å². The minimum atomic E-state index is -0.429. The fraction of sp³-hybridized carbons (Fsp3) is 0.100. The lowest BCUT2D eigenvalue weighted by Gasteiger charge is -2.11. The SMILES string of the molecule is CCOc1ccccc1Nc1nccc(C(=O)Nc2ccccc2C#N)n1. The van der Waals surface area contributed by atoms with Gasteiger partial charge in [-0.3, -0.25) is 4.79 Å². The second-order valence-electron chi connectivity index (χ2n) is 5.43. The number of ether oxygens (including phenoxy) is 1. The van der Waals surface area contributed by atoms with Gasteiger partial charge in [-0.2, -0.15) is 5.26 Å². The number of nitriles is 1. The van der Waals surface area contributed by atoms with Gasteiger partial charge < -0.3 is 15.4 Å². The number of aromatic nitrogens is 2. The lowest BCUT2D eigenvalue weighted by Crippen LogP contribution is -2.15. The molecule has 0 saturated carbocycles. The Kier molecular flexibility index (Phi) is 5.60. The number of anilines is 3. The molecule has 0 aliphatic rings. The molecule has 0 radical (unpaired) electrons. The molecule has 1 heterocycles. The van der Waals surface area contributed by atoms with Crippen LogP contribution >= 0.6 is 0 Å². The number of amides is 1. The van der Waals surface area contributed by atoms with Crippen LogP contribution in [0.25, 0.3) is 0 Å². The van der Waals surface area contributed by atoms with E-state index in [0.717, 1.165) is 0 Å². The van der Waals surface area contributed by atoms with Crippen molar-refractivity contribution in [3.63, 3.8) is 0 Å². The molecule has 27 heavy (non-hydrogen) atoms. The summed E-state index contributed by atoms with van der Waals surface area (Å²) < 4.78 is 5.56. The van der Waals surface area contributed by atoms with Crippen LogP contribution in [0.15, 0.2) is 60.8 Å². The summed E-state index contributed by atoms with van der Waals surface area (Å²) in [6.45, 7) is 2.43. The second-order valence-corrected chi connectivity index (χ2v) is 5.43. The van der Waals surface area contributed by atoms with E-state index < -0.39 is 5.91 Å². The van der Waals surface area contributed by atoms with Gasteiger partial charge in [-0.1, -0.05) is 24.3 Å². The van der Waals surface area contributed by atoms with Crippen LogP contribution in [-0.4, -0.2) is 22.5 Å². The van der Waals surface area contributed by atoms with E-state index in [1.54, 1.807) is 24.3 Å². The third-order valence-electron chi connectivity index (χ3n) is 3.62. The van der Waals surface area contributed by atoms with Crippen LogP contribution < -0.4 is 15.4 Å². The number of nitrogens with one attached hydrogen (secondary N) is 2. The number of hydrogen-bond donors (Lipinski definition) is 2. The first-order valence-corrected chi connectivity index (χ1v) is 8.33. The van der Waals surface area contributed by atoms with Gasteiger partial charge in [0.25, 0.3) is 5.91 Å². The van der Waals surface area contributed by atoms with Crippen molar-refractivity contribution in [3.05, 3.63) is 72.1 Å². The first kappa shape index (κ1) is 17.9. The molecule has 0 bridgehead atoms. The highest BCUT2D eigenvalue weighted by Crippen LogP contribution is 2.26. The standard InChI is InChI=1S/C20H17N5O2/c1-2-27-18-10-6-5-9-16(18)24-20-22-12-11-17(25-20)19(26)23-15-8-4-3-7-14(15)13-21/h3-12H,2H2,1H3,(H,23,26)(H,22,24,25). The Labute approximate surface area is 156 Å². The normalized spacial score (nSPS) is 9.93. The van der Waals surface area contributed by atoms with E-state index in [1.807, 2.05) is 37.3 Å². The molecule has 2 N–H and O–H groups in total. The van der Waals surface area contributed by atoms with Gasteiger partial charge >= 0.3 is 0 Å². The van der Waals surface area contributed by atoms with Crippen molar-refractivity contribution in [2.75, 3.05) is 17.2 Å². The molecule has 0 aliphatic carbocycles. The third kappa shape index (κ3) is 4.38. The minimum Gasteiger partial charge on any atom is -0.492 e. The van der Waals surface area contributed by atoms with Crippen molar-refractivity contribution in [2.24, 2.45) is 0 Å². The predicted octanol–water partition coefficient (Wildman–Crippen LogP) is 3.74. The largest absolute Gasteiger partial charge is 0.492 e. The maximum Gasteiger partial charge on any atom is 0.274 e. The zero-order valence-corrected chi connectivity index (χ0v) is 14.6. The number of rotatable bonds is 6. The topological polar surface area (TPSA) is 99.9 Å². The molecule has 2 aromatic carbocycles. The van der Waals surface area contributed by atoms with E-state index >= 15 is 0 Å². The van der Waals surface area contributed by atoms with Crippen LogP contribution in [0.2, 0.25) is 0 Å². The van der Waals surface area contributed by atoms with Gasteiger partial charge in [0.05, 0.1) is 23.5 Å². The number of carbonyl (C=O) groups excluding carboxylic acids is 1. The van der Waals surface area contributed by atoms with Crippen LogP contribution in [0.3, 0.4) is 0 Å². The molecule has 7 nitrogen and oxygen atoms in total. The van der Waals surface area contributed by atoms with E-state index in [2.05, 4.69) is 20.6 Å². The van der Waals surface area contributed by atoms with Crippen molar-refractivity contribution in [1.29, 1.82) is 5.26 Å². The van der Waals surface area contributed by atoms with Crippen molar-refractivity contribution in [2.45, 2.75) is 6.92 Å². The average Bonchev–Trinajstić information content (AvgIpc) is 2.70. The summed E-state index contributed by atoms with van der Waals surface area (Å²) in [6.07, 6.45) is 1.49. The highest BCUT2D eigenvalue weighted by molar-refractivity contribution is 6.03. The Balaban J connectivity index is 1.80. The summed E-state index contributed by atoms with van der Waals surface area (Å²) >= 11 is 0. The lowest BCUT2D eigenvalue weighted by molar-refractivity contribution is 0.102. The van der Waals surface area contributed by atoms with E-state index in [1.165, 1.54) is 12.3 Å². The minimum absolute atomic E-state index is 0.175. The monoisotopic (exact) mass is 359 g/mol. The van der Waals surface area contributed by atoms with Crippen LogP contribution in [0, 0.1) is 11.3 Å². The van der Waals surface area contributed by atoms with Gasteiger partial charge in [0.1, 0.15) is 17.5 Å². The van der Waals surface area contributed by atoms with Crippen LogP contribution in [0.1, 0.15) is 23.0 Å². The molecular weight excluding hydrogens is 342 g/mol. The van der Waals surface area contributed by atoms with Crippen molar-refractivity contribution < 1.29 is 9.53 Å². The van der Waals surface area contributed by atoms with Crippen LogP contribution in [-0.2, 0) is 0 Å². The highest BCUT2D eigenvalue weighted by atomic mass is 16.5. The van der Waals surface area contributed by atoms with Gasteiger partial charge in [0, 0.05) is 6.20 Å². The smallest absolute Gasteiger partial charge is 0.274 e. The second kappa shape index (κ2) is 8.45. The Morgan fingerprint density at radius 1 is 1.11 bits per heavy atom. The fourth-order valence-corrected chi connectivity index (χ4v) is 2.39. The molecule has 7 heteroatoms. The van der Waals surface area contributed by atoms with Crippen LogP contribution in [0.5, 0.6) is 5.75 Å². The third-order valence-corrected chi connectivity index (χ3v) is 3.62. The Morgan fingerprint density at radius 2 is 1.85 bits per heavy atom. The molecule has 0 saturated heterocycles. The molecule has 0 unspecified atom stereocenters. The number of nitrogens with zero attached hydrogens (tertiary/aromatic N) is 3. The summed E-state index contributed by atoms with van der Waals surface area (Å²) in [6, 6.07) is 17.7. The molecule has 0 aliphatic heterocycles. The molecule has 3 aromatic rings.